The van der Waals surface area contributed by atoms with Crippen molar-refractivity contribution in [2.75, 3.05) is 22.5 Å². The zero-order valence-electron chi connectivity index (χ0n) is 15.7. The largest absolute Gasteiger partial charge is 0.376 e. The minimum absolute atomic E-state index is 0.0372. The normalized spacial score (nSPS) is 12.9. The lowest BCUT2D eigenvalue weighted by Gasteiger charge is -2.12. The summed E-state index contributed by atoms with van der Waals surface area (Å²) in [5.41, 5.74) is 3.02. The number of nitrogens with zero attached hydrogens (tertiary/aromatic N) is 1. The molecule has 0 radical (unpaired) electrons. The summed E-state index contributed by atoms with van der Waals surface area (Å²) >= 11 is 0. The van der Waals surface area contributed by atoms with Gasteiger partial charge < -0.3 is 16.0 Å². The number of rotatable bonds is 7. The molecule has 1 aliphatic carbocycles. The standard InChI is InChI=1S/C20H22N4O4/c1-12-3-10-17(24(27)28)19(13(12)2)23-18(25)11-21-15-6-8-16(9-7-15)22-20(26)14-4-5-14/h3,6-10,14,21H,4-5,11H2,1-2H3,(H,22,26)(H,23,25). The maximum Gasteiger partial charge on any atom is 0.293 e. The van der Waals surface area contributed by atoms with Gasteiger partial charge in [0.05, 0.1) is 11.5 Å². The number of carbonyl (C=O) groups is 2. The first-order chi connectivity index (χ1) is 13.3. The quantitative estimate of drug-likeness (QED) is 0.500. The van der Waals surface area contributed by atoms with Gasteiger partial charge in [0.2, 0.25) is 11.8 Å². The molecule has 8 nitrogen and oxygen atoms in total. The molecule has 1 fully saturated rings. The molecule has 1 saturated carbocycles. The van der Waals surface area contributed by atoms with Gasteiger partial charge in [0.1, 0.15) is 5.69 Å². The van der Waals surface area contributed by atoms with E-state index >= 15 is 0 Å². The number of amides is 2. The van der Waals surface area contributed by atoms with Crippen molar-refractivity contribution in [2.24, 2.45) is 5.92 Å². The van der Waals surface area contributed by atoms with Gasteiger partial charge in [-0.1, -0.05) is 6.07 Å². The smallest absolute Gasteiger partial charge is 0.293 e. The fraction of sp³-hybridized carbons (Fsp3) is 0.300. The molecule has 0 atom stereocenters. The molecule has 8 heteroatoms. The highest BCUT2D eigenvalue weighted by Crippen LogP contribution is 2.31. The molecule has 28 heavy (non-hydrogen) atoms. The van der Waals surface area contributed by atoms with E-state index < -0.39 is 4.92 Å². The maximum absolute atomic E-state index is 12.3. The Labute approximate surface area is 162 Å². The molecule has 0 spiro atoms. The van der Waals surface area contributed by atoms with Gasteiger partial charge in [-0.05, 0) is 62.1 Å². The zero-order valence-corrected chi connectivity index (χ0v) is 15.7. The van der Waals surface area contributed by atoms with Crippen LogP contribution in [0.25, 0.3) is 0 Å². The number of carbonyl (C=O) groups excluding carboxylic acids is 2. The molecule has 0 heterocycles. The zero-order chi connectivity index (χ0) is 20.3. The number of nitro groups is 1. The highest BCUT2D eigenvalue weighted by Gasteiger charge is 2.29. The molecule has 146 valence electrons. The van der Waals surface area contributed by atoms with Crippen LogP contribution in [0.4, 0.5) is 22.7 Å². The third-order valence-electron chi connectivity index (χ3n) is 4.73. The number of aryl methyl sites for hydroxylation is 1. The van der Waals surface area contributed by atoms with Crippen molar-refractivity contribution in [3.05, 3.63) is 57.6 Å². The summed E-state index contributed by atoms with van der Waals surface area (Å²) in [6.07, 6.45) is 1.89. The van der Waals surface area contributed by atoms with Crippen LogP contribution in [0, 0.1) is 29.9 Å². The molecule has 3 N–H and O–H groups in total. The first-order valence-electron chi connectivity index (χ1n) is 9.04. The van der Waals surface area contributed by atoms with Crippen LogP contribution in [0.3, 0.4) is 0 Å². The molecule has 0 aromatic heterocycles. The summed E-state index contributed by atoms with van der Waals surface area (Å²) in [6.45, 7) is 3.52. The second-order valence-corrected chi connectivity index (χ2v) is 6.90. The highest BCUT2D eigenvalue weighted by atomic mass is 16.6. The molecular formula is C20H22N4O4. The summed E-state index contributed by atoms with van der Waals surface area (Å²) in [5, 5.41) is 19.7. The Hall–Kier alpha value is -3.42. The van der Waals surface area contributed by atoms with Crippen LogP contribution in [-0.4, -0.2) is 23.3 Å². The molecule has 0 aliphatic heterocycles. The topological polar surface area (TPSA) is 113 Å². The van der Waals surface area contributed by atoms with Crippen molar-refractivity contribution in [1.82, 2.24) is 0 Å². The Morgan fingerprint density at radius 1 is 1.04 bits per heavy atom. The first-order valence-corrected chi connectivity index (χ1v) is 9.04. The minimum atomic E-state index is -0.510. The van der Waals surface area contributed by atoms with Crippen molar-refractivity contribution >= 4 is 34.6 Å². The summed E-state index contributed by atoms with van der Waals surface area (Å²) in [7, 11) is 0. The van der Waals surface area contributed by atoms with Gasteiger partial charge in [-0.25, -0.2) is 0 Å². The lowest BCUT2D eigenvalue weighted by atomic mass is 10.1. The van der Waals surface area contributed by atoms with Crippen LogP contribution in [0.1, 0.15) is 24.0 Å². The molecule has 2 aromatic carbocycles. The second kappa shape index (κ2) is 8.08. The van der Waals surface area contributed by atoms with Crippen LogP contribution in [0.5, 0.6) is 0 Å². The van der Waals surface area contributed by atoms with Gasteiger partial charge in [-0.15, -0.1) is 0 Å². The fourth-order valence-electron chi connectivity index (χ4n) is 2.74. The van der Waals surface area contributed by atoms with Gasteiger partial charge in [0.15, 0.2) is 0 Å². The number of anilines is 3. The average molecular weight is 382 g/mol. The second-order valence-electron chi connectivity index (χ2n) is 6.90. The van der Waals surface area contributed by atoms with E-state index in [-0.39, 0.29) is 35.7 Å². The Morgan fingerprint density at radius 2 is 1.68 bits per heavy atom. The van der Waals surface area contributed by atoms with E-state index in [2.05, 4.69) is 16.0 Å². The molecule has 3 rings (SSSR count). The number of nitro benzene ring substituents is 1. The molecule has 0 saturated heterocycles. The van der Waals surface area contributed by atoms with Gasteiger partial charge in [0, 0.05) is 23.4 Å². The predicted octanol–water partition coefficient (Wildman–Crippen LogP) is 3.61. The number of hydrogen-bond donors (Lipinski definition) is 3. The number of benzene rings is 2. The number of hydrogen-bond acceptors (Lipinski definition) is 5. The van der Waals surface area contributed by atoms with E-state index in [9.17, 15) is 19.7 Å². The summed E-state index contributed by atoms with van der Waals surface area (Å²) in [4.78, 5) is 34.7. The third-order valence-corrected chi connectivity index (χ3v) is 4.73. The van der Waals surface area contributed by atoms with Crippen LogP contribution in [0.2, 0.25) is 0 Å². The first kappa shape index (κ1) is 19.3. The summed E-state index contributed by atoms with van der Waals surface area (Å²) in [6, 6.07) is 10.1. The van der Waals surface area contributed by atoms with Crippen LogP contribution in [0.15, 0.2) is 36.4 Å². The Kier molecular flexibility index (Phi) is 5.58. The Balaban J connectivity index is 1.58. The summed E-state index contributed by atoms with van der Waals surface area (Å²) in [5.74, 6) is -0.214. The van der Waals surface area contributed by atoms with Gasteiger partial charge in [0.25, 0.3) is 5.69 Å². The van der Waals surface area contributed by atoms with E-state index in [1.54, 1.807) is 37.3 Å². The van der Waals surface area contributed by atoms with Crippen LogP contribution < -0.4 is 16.0 Å². The van der Waals surface area contributed by atoms with E-state index in [4.69, 9.17) is 0 Å². The Bertz CT molecular complexity index is 921. The van der Waals surface area contributed by atoms with Gasteiger partial charge in [-0.3, -0.25) is 19.7 Å². The number of nitrogens with one attached hydrogen (secondary N) is 3. The minimum Gasteiger partial charge on any atom is -0.376 e. The monoisotopic (exact) mass is 382 g/mol. The molecule has 1 aliphatic rings. The van der Waals surface area contributed by atoms with Crippen molar-refractivity contribution in [3.63, 3.8) is 0 Å². The third kappa shape index (κ3) is 4.64. The maximum atomic E-state index is 12.3. The van der Waals surface area contributed by atoms with E-state index in [1.807, 2.05) is 6.92 Å². The highest BCUT2D eigenvalue weighted by molar-refractivity contribution is 5.97. The van der Waals surface area contributed by atoms with Crippen molar-refractivity contribution < 1.29 is 14.5 Å². The fourth-order valence-corrected chi connectivity index (χ4v) is 2.74. The average Bonchev–Trinajstić information content (AvgIpc) is 3.50. The summed E-state index contributed by atoms with van der Waals surface area (Å²) < 4.78 is 0. The Morgan fingerprint density at radius 3 is 2.29 bits per heavy atom. The molecule has 0 unspecified atom stereocenters. The molecule has 0 bridgehead atoms. The molecular weight excluding hydrogens is 360 g/mol. The van der Waals surface area contributed by atoms with Crippen LogP contribution in [-0.2, 0) is 9.59 Å². The van der Waals surface area contributed by atoms with E-state index in [1.165, 1.54) is 6.07 Å². The van der Waals surface area contributed by atoms with E-state index in [0.29, 0.717) is 16.9 Å². The lowest BCUT2D eigenvalue weighted by molar-refractivity contribution is -0.384. The van der Waals surface area contributed by atoms with Crippen molar-refractivity contribution in [2.45, 2.75) is 26.7 Å². The predicted molar refractivity (Wildman–Crippen MR) is 107 cm³/mol. The van der Waals surface area contributed by atoms with Crippen LogP contribution >= 0.6 is 0 Å². The van der Waals surface area contributed by atoms with E-state index in [0.717, 1.165) is 18.4 Å². The SMILES string of the molecule is Cc1ccc([N+](=O)[O-])c(NC(=O)CNc2ccc(NC(=O)C3CC3)cc2)c1C. The molecule has 2 amide bonds. The van der Waals surface area contributed by atoms with Gasteiger partial charge in [-0.2, -0.15) is 0 Å². The lowest BCUT2D eigenvalue weighted by Crippen LogP contribution is -2.23. The van der Waals surface area contributed by atoms with Gasteiger partial charge >= 0.3 is 0 Å². The van der Waals surface area contributed by atoms with Crippen molar-refractivity contribution in [1.29, 1.82) is 0 Å². The molecule has 2 aromatic rings. The van der Waals surface area contributed by atoms with Crippen molar-refractivity contribution in [3.8, 4) is 0 Å².